The van der Waals surface area contributed by atoms with Gasteiger partial charge in [0.15, 0.2) is 0 Å². The summed E-state index contributed by atoms with van der Waals surface area (Å²) < 4.78 is 7.91. The highest BCUT2D eigenvalue weighted by Crippen LogP contribution is 2.34. The number of pyridine rings is 1. The van der Waals surface area contributed by atoms with Gasteiger partial charge in [0.25, 0.3) is 0 Å². The second-order valence-electron chi connectivity index (χ2n) is 10.2. The van der Waals surface area contributed by atoms with E-state index in [0.717, 1.165) is 63.3 Å². The first-order valence-electron chi connectivity index (χ1n) is 12.9. The average Bonchev–Trinajstić information content (AvgIpc) is 3.17. The third-order valence-corrected chi connectivity index (χ3v) is 7.55. The van der Waals surface area contributed by atoms with Crippen LogP contribution in [0.2, 0.25) is 0 Å². The molecule has 2 aromatic heterocycles. The number of aliphatic carboxylic acids is 1. The molecule has 0 fully saturated rings. The lowest BCUT2D eigenvalue weighted by Gasteiger charge is -2.25. The standard InChI is InChI=1S/C29H33N5O4.H2O/c1-5-21-15-34(16-24-26(38-21)10-11-27(35)30-24)14-20-12-19(7-6-17(20)2)23(13-28(36)37)22-8-9-25-29(18(22)3)31-32-33(25)4;/h6-12,21,23H,5,13-16H2,1-4H3,(H,30,35)(H,36,37);1H2/t21-,23?;/m1./s1. The number of H-pyrrole nitrogens is 1. The highest BCUT2D eigenvalue weighted by molar-refractivity contribution is 5.80. The molecule has 10 heteroatoms. The molecule has 4 N–H and O–H groups in total. The minimum absolute atomic E-state index is 0. The summed E-state index contributed by atoms with van der Waals surface area (Å²) in [5, 5.41) is 18.3. The van der Waals surface area contributed by atoms with E-state index in [1.807, 2.05) is 32.2 Å². The van der Waals surface area contributed by atoms with Gasteiger partial charge in [-0.3, -0.25) is 14.5 Å². The number of aryl methyl sites for hydroxylation is 3. The van der Waals surface area contributed by atoms with Gasteiger partial charge in [0.05, 0.1) is 17.6 Å². The SMILES string of the molecule is CC[C@@H]1CN(Cc2cc(C(CC(=O)O)c3ccc4c(nnn4C)c3C)ccc2C)Cc2[nH]c(=O)ccc2O1.O. The molecule has 0 aliphatic carbocycles. The maximum Gasteiger partial charge on any atom is 0.304 e. The summed E-state index contributed by atoms with van der Waals surface area (Å²) in [6.45, 7) is 8.08. The molecule has 0 saturated carbocycles. The number of ether oxygens (including phenoxy) is 1. The summed E-state index contributed by atoms with van der Waals surface area (Å²) in [5.41, 5.74) is 7.41. The maximum atomic E-state index is 12.0. The van der Waals surface area contributed by atoms with E-state index in [2.05, 4.69) is 46.2 Å². The van der Waals surface area contributed by atoms with E-state index >= 15 is 0 Å². The van der Waals surface area contributed by atoms with E-state index in [0.29, 0.717) is 13.1 Å². The number of hydrogen-bond acceptors (Lipinski definition) is 6. The minimum atomic E-state index is -0.855. The summed E-state index contributed by atoms with van der Waals surface area (Å²) in [6.07, 6.45) is 0.824. The zero-order valence-electron chi connectivity index (χ0n) is 22.7. The summed E-state index contributed by atoms with van der Waals surface area (Å²) in [5.74, 6) is -0.459. The smallest absolute Gasteiger partial charge is 0.304 e. The Morgan fingerprint density at radius 1 is 1.21 bits per heavy atom. The molecule has 4 aromatic rings. The molecule has 1 aliphatic heterocycles. The Morgan fingerprint density at radius 2 is 2.00 bits per heavy atom. The van der Waals surface area contributed by atoms with Crippen molar-refractivity contribution in [3.05, 3.63) is 86.3 Å². The molecule has 0 bridgehead atoms. The predicted molar refractivity (Wildman–Crippen MR) is 148 cm³/mol. The largest absolute Gasteiger partial charge is 0.487 e. The molecule has 2 atom stereocenters. The number of fused-ring (bicyclic) bond motifs is 2. The third kappa shape index (κ3) is 5.71. The van der Waals surface area contributed by atoms with Gasteiger partial charge in [-0.05, 0) is 60.2 Å². The minimum Gasteiger partial charge on any atom is -0.487 e. The second-order valence-corrected chi connectivity index (χ2v) is 10.2. The van der Waals surface area contributed by atoms with Crippen LogP contribution in [0.3, 0.4) is 0 Å². The Kier molecular flexibility index (Phi) is 8.17. The van der Waals surface area contributed by atoms with E-state index in [1.165, 1.54) is 6.07 Å². The number of aromatic amines is 1. The fraction of sp³-hybridized carbons (Fsp3) is 0.379. The molecule has 0 radical (unpaired) electrons. The molecule has 3 heterocycles. The number of nitrogens with one attached hydrogen (secondary N) is 1. The second kappa shape index (κ2) is 11.4. The zero-order chi connectivity index (χ0) is 27.0. The van der Waals surface area contributed by atoms with Crippen LogP contribution < -0.4 is 10.3 Å². The van der Waals surface area contributed by atoms with Crippen molar-refractivity contribution >= 4 is 17.0 Å². The number of rotatable bonds is 7. The monoisotopic (exact) mass is 533 g/mol. The Labute approximate surface area is 226 Å². The molecule has 1 aliphatic rings. The van der Waals surface area contributed by atoms with Crippen LogP contribution in [0.15, 0.2) is 47.3 Å². The van der Waals surface area contributed by atoms with Gasteiger partial charge in [-0.25, -0.2) is 4.68 Å². The molecule has 206 valence electrons. The third-order valence-electron chi connectivity index (χ3n) is 7.55. The number of nitrogens with zero attached hydrogens (tertiary/aromatic N) is 4. The zero-order valence-corrected chi connectivity index (χ0v) is 22.7. The van der Waals surface area contributed by atoms with Gasteiger partial charge >= 0.3 is 5.97 Å². The molecule has 0 spiro atoms. The van der Waals surface area contributed by atoms with Crippen LogP contribution in [-0.4, -0.2) is 54.1 Å². The van der Waals surface area contributed by atoms with E-state index in [9.17, 15) is 14.7 Å². The number of carboxylic acid groups (broad SMARTS) is 1. The van der Waals surface area contributed by atoms with Gasteiger partial charge in [0.2, 0.25) is 5.56 Å². The summed E-state index contributed by atoms with van der Waals surface area (Å²) in [6, 6.07) is 13.4. The highest BCUT2D eigenvalue weighted by atomic mass is 16.5. The highest BCUT2D eigenvalue weighted by Gasteiger charge is 2.25. The van der Waals surface area contributed by atoms with Crippen molar-refractivity contribution < 1.29 is 20.1 Å². The van der Waals surface area contributed by atoms with Crippen LogP contribution in [0.1, 0.15) is 59.2 Å². The number of carbonyl (C=O) groups is 1. The van der Waals surface area contributed by atoms with E-state index in [4.69, 9.17) is 4.74 Å². The van der Waals surface area contributed by atoms with E-state index in [1.54, 1.807) is 10.7 Å². The molecular weight excluding hydrogens is 498 g/mol. The predicted octanol–water partition coefficient (Wildman–Crippen LogP) is 3.23. The first-order chi connectivity index (χ1) is 18.2. The lowest BCUT2D eigenvalue weighted by Crippen LogP contribution is -2.32. The van der Waals surface area contributed by atoms with E-state index < -0.39 is 5.97 Å². The fourth-order valence-corrected chi connectivity index (χ4v) is 5.39. The Bertz CT molecular complexity index is 1560. The lowest BCUT2D eigenvalue weighted by molar-refractivity contribution is -0.137. The first kappa shape index (κ1) is 28.0. The van der Waals surface area contributed by atoms with Crippen LogP contribution in [0.25, 0.3) is 11.0 Å². The van der Waals surface area contributed by atoms with Crippen molar-refractivity contribution in [3.8, 4) is 5.75 Å². The number of carboxylic acids is 1. The van der Waals surface area contributed by atoms with Gasteiger partial charge < -0.3 is 20.3 Å². The first-order valence-corrected chi connectivity index (χ1v) is 12.9. The van der Waals surface area contributed by atoms with Crippen LogP contribution in [0, 0.1) is 13.8 Å². The topological polar surface area (TPSA) is 145 Å². The van der Waals surface area contributed by atoms with Gasteiger partial charge in [0, 0.05) is 38.7 Å². The number of aromatic nitrogens is 4. The molecule has 0 amide bonds. The Balaban J connectivity index is 0.00000353. The molecular formula is C29H35N5O5. The molecule has 1 unspecified atom stereocenters. The summed E-state index contributed by atoms with van der Waals surface area (Å²) >= 11 is 0. The fourth-order valence-electron chi connectivity index (χ4n) is 5.39. The van der Waals surface area contributed by atoms with Crippen LogP contribution in [-0.2, 0) is 24.9 Å². The quantitative estimate of drug-likeness (QED) is 0.371. The Hall–Kier alpha value is -4.02. The molecule has 10 nitrogen and oxygen atoms in total. The van der Waals surface area contributed by atoms with Crippen molar-refractivity contribution in [1.29, 1.82) is 0 Å². The van der Waals surface area contributed by atoms with Crippen LogP contribution >= 0.6 is 0 Å². The molecule has 5 rings (SSSR count). The molecule has 2 aromatic carbocycles. The number of hydrogen-bond donors (Lipinski definition) is 2. The van der Waals surface area contributed by atoms with Crippen LogP contribution in [0.4, 0.5) is 0 Å². The van der Waals surface area contributed by atoms with Gasteiger partial charge in [-0.15, -0.1) is 5.10 Å². The summed E-state index contributed by atoms with van der Waals surface area (Å²) in [4.78, 5) is 29.2. The van der Waals surface area contributed by atoms with Crippen molar-refractivity contribution in [2.24, 2.45) is 7.05 Å². The number of benzene rings is 2. The Morgan fingerprint density at radius 3 is 2.74 bits per heavy atom. The van der Waals surface area contributed by atoms with Gasteiger partial charge in [0.1, 0.15) is 17.4 Å². The summed E-state index contributed by atoms with van der Waals surface area (Å²) in [7, 11) is 1.85. The molecule has 0 saturated heterocycles. The van der Waals surface area contributed by atoms with Gasteiger partial charge in [-0.2, -0.15) is 0 Å². The van der Waals surface area contributed by atoms with Crippen molar-refractivity contribution in [2.75, 3.05) is 6.54 Å². The lowest BCUT2D eigenvalue weighted by atomic mass is 9.84. The van der Waals surface area contributed by atoms with Crippen molar-refractivity contribution in [2.45, 2.75) is 58.7 Å². The van der Waals surface area contributed by atoms with Gasteiger partial charge in [-0.1, -0.05) is 36.4 Å². The normalized spacial score (nSPS) is 16.2. The van der Waals surface area contributed by atoms with E-state index in [-0.39, 0.29) is 29.5 Å². The van der Waals surface area contributed by atoms with Crippen molar-refractivity contribution in [1.82, 2.24) is 24.9 Å². The average molecular weight is 534 g/mol. The van der Waals surface area contributed by atoms with Crippen LogP contribution in [0.5, 0.6) is 5.75 Å². The maximum absolute atomic E-state index is 12.0. The molecule has 39 heavy (non-hydrogen) atoms. The van der Waals surface area contributed by atoms with Crippen molar-refractivity contribution in [3.63, 3.8) is 0 Å².